The summed E-state index contributed by atoms with van der Waals surface area (Å²) in [7, 11) is 0. The molecule has 21 heavy (non-hydrogen) atoms. The SMILES string of the molecule is Cc1cccc(CC(CCc2ccsc2)CNC(C)C)c1. The maximum absolute atomic E-state index is 3.61. The van der Waals surface area contributed by atoms with Crippen LogP contribution in [0.25, 0.3) is 0 Å². The maximum Gasteiger partial charge on any atom is 0.00104 e. The van der Waals surface area contributed by atoms with Gasteiger partial charge in [0.25, 0.3) is 0 Å². The molecular formula is C19H27NS. The second kappa shape index (κ2) is 8.35. The van der Waals surface area contributed by atoms with E-state index in [9.17, 15) is 0 Å². The van der Waals surface area contributed by atoms with E-state index in [1.165, 1.54) is 36.0 Å². The molecular weight excluding hydrogens is 274 g/mol. The highest BCUT2D eigenvalue weighted by Crippen LogP contribution is 2.17. The molecule has 114 valence electrons. The summed E-state index contributed by atoms with van der Waals surface area (Å²) in [6.07, 6.45) is 3.62. The van der Waals surface area contributed by atoms with Gasteiger partial charge >= 0.3 is 0 Å². The Balaban J connectivity index is 1.93. The smallest absolute Gasteiger partial charge is 0.00104 e. The molecule has 0 saturated heterocycles. The van der Waals surface area contributed by atoms with Gasteiger partial charge in [0, 0.05) is 6.04 Å². The molecule has 1 nitrogen and oxygen atoms in total. The molecule has 0 aliphatic carbocycles. The summed E-state index contributed by atoms with van der Waals surface area (Å²) < 4.78 is 0. The van der Waals surface area contributed by atoms with Gasteiger partial charge in [0.1, 0.15) is 0 Å². The Morgan fingerprint density at radius 3 is 2.67 bits per heavy atom. The Morgan fingerprint density at radius 2 is 2.00 bits per heavy atom. The van der Waals surface area contributed by atoms with E-state index in [-0.39, 0.29) is 0 Å². The zero-order valence-corrected chi connectivity index (χ0v) is 14.2. The molecule has 0 spiro atoms. The fourth-order valence-electron chi connectivity index (χ4n) is 2.66. The van der Waals surface area contributed by atoms with Crippen LogP contribution in [-0.2, 0) is 12.8 Å². The molecule has 2 aromatic rings. The maximum atomic E-state index is 3.61. The van der Waals surface area contributed by atoms with Gasteiger partial charge in [0.2, 0.25) is 0 Å². The lowest BCUT2D eigenvalue weighted by atomic mass is 9.92. The lowest BCUT2D eigenvalue weighted by Gasteiger charge is -2.19. The number of aryl methyl sites for hydroxylation is 2. The summed E-state index contributed by atoms with van der Waals surface area (Å²) in [5.41, 5.74) is 4.32. The number of benzene rings is 1. The van der Waals surface area contributed by atoms with Gasteiger partial charge in [0.05, 0.1) is 0 Å². The lowest BCUT2D eigenvalue weighted by Crippen LogP contribution is -2.30. The van der Waals surface area contributed by atoms with E-state index in [1.807, 2.05) is 0 Å². The van der Waals surface area contributed by atoms with Gasteiger partial charge in [-0.15, -0.1) is 0 Å². The number of hydrogen-bond acceptors (Lipinski definition) is 2. The molecule has 0 aliphatic heterocycles. The first kappa shape index (κ1) is 16.3. The lowest BCUT2D eigenvalue weighted by molar-refractivity contribution is 0.422. The summed E-state index contributed by atoms with van der Waals surface area (Å²) in [4.78, 5) is 0. The van der Waals surface area contributed by atoms with E-state index in [1.54, 1.807) is 11.3 Å². The van der Waals surface area contributed by atoms with Crippen molar-refractivity contribution >= 4 is 11.3 Å². The van der Waals surface area contributed by atoms with Crippen molar-refractivity contribution in [1.29, 1.82) is 0 Å². The van der Waals surface area contributed by atoms with Crippen molar-refractivity contribution in [2.75, 3.05) is 6.54 Å². The molecule has 0 bridgehead atoms. The van der Waals surface area contributed by atoms with E-state index >= 15 is 0 Å². The summed E-state index contributed by atoms with van der Waals surface area (Å²) in [6, 6.07) is 11.8. The first-order valence-electron chi connectivity index (χ1n) is 7.93. The third-order valence-corrected chi connectivity index (χ3v) is 4.58. The minimum atomic E-state index is 0.561. The molecule has 1 atom stereocenters. The van der Waals surface area contributed by atoms with Gasteiger partial charge in [-0.2, -0.15) is 11.3 Å². The standard InChI is InChI=1S/C19H27NS/c1-15(2)20-13-19(8-7-17-9-10-21-14-17)12-18-6-4-5-16(3)11-18/h4-6,9-11,14-15,19-20H,7-8,12-13H2,1-3H3. The highest BCUT2D eigenvalue weighted by atomic mass is 32.1. The summed E-state index contributed by atoms with van der Waals surface area (Å²) in [5.74, 6) is 0.703. The van der Waals surface area contributed by atoms with Gasteiger partial charge in [-0.25, -0.2) is 0 Å². The van der Waals surface area contributed by atoms with Crippen LogP contribution in [0.2, 0.25) is 0 Å². The summed E-state index contributed by atoms with van der Waals surface area (Å²) in [5, 5.41) is 8.07. The highest BCUT2D eigenvalue weighted by molar-refractivity contribution is 7.07. The minimum absolute atomic E-state index is 0.561. The molecule has 0 aliphatic rings. The fourth-order valence-corrected chi connectivity index (χ4v) is 3.36. The molecule has 1 aromatic carbocycles. The van der Waals surface area contributed by atoms with Gasteiger partial charge in [-0.05, 0) is 66.6 Å². The molecule has 1 heterocycles. The third-order valence-electron chi connectivity index (χ3n) is 3.84. The second-order valence-corrected chi connectivity index (χ2v) is 7.07. The quantitative estimate of drug-likeness (QED) is 0.735. The zero-order valence-electron chi connectivity index (χ0n) is 13.4. The number of thiophene rings is 1. The molecule has 1 N–H and O–H groups in total. The van der Waals surface area contributed by atoms with Crippen molar-refractivity contribution in [3.8, 4) is 0 Å². The van der Waals surface area contributed by atoms with Crippen LogP contribution in [0, 0.1) is 12.8 Å². The summed E-state index contributed by atoms with van der Waals surface area (Å²) >= 11 is 1.80. The van der Waals surface area contributed by atoms with Crippen LogP contribution in [-0.4, -0.2) is 12.6 Å². The minimum Gasteiger partial charge on any atom is -0.314 e. The molecule has 2 heteroatoms. The average Bonchev–Trinajstić information content (AvgIpc) is 2.95. The van der Waals surface area contributed by atoms with Crippen molar-refractivity contribution in [3.05, 3.63) is 57.8 Å². The van der Waals surface area contributed by atoms with Crippen molar-refractivity contribution in [3.63, 3.8) is 0 Å². The van der Waals surface area contributed by atoms with Crippen LogP contribution in [0.4, 0.5) is 0 Å². The monoisotopic (exact) mass is 301 g/mol. The first-order valence-corrected chi connectivity index (χ1v) is 8.88. The molecule has 0 radical (unpaired) electrons. The van der Waals surface area contributed by atoms with E-state index < -0.39 is 0 Å². The average molecular weight is 301 g/mol. The van der Waals surface area contributed by atoms with Crippen LogP contribution in [0.3, 0.4) is 0 Å². The highest BCUT2D eigenvalue weighted by Gasteiger charge is 2.11. The predicted octanol–water partition coefficient (Wildman–Crippen LogP) is 4.85. The first-order chi connectivity index (χ1) is 10.1. The Hall–Kier alpha value is -1.12. The van der Waals surface area contributed by atoms with Gasteiger partial charge in [-0.3, -0.25) is 0 Å². The Labute approximate surface area is 133 Å². The van der Waals surface area contributed by atoms with Crippen LogP contribution in [0.1, 0.15) is 37.0 Å². The number of rotatable bonds is 8. The molecule has 1 unspecified atom stereocenters. The zero-order chi connectivity index (χ0) is 15.1. The van der Waals surface area contributed by atoms with Crippen molar-refractivity contribution in [1.82, 2.24) is 5.32 Å². The van der Waals surface area contributed by atoms with Crippen LogP contribution >= 0.6 is 11.3 Å². The summed E-state index contributed by atoms with van der Waals surface area (Å²) in [6.45, 7) is 7.73. The number of hydrogen-bond donors (Lipinski definition) is 1. The largest absolute Gasteiger partial charge is 0.314 e. The molecule has 1 aromatic heterocycles. The molecule has 0 fully saturated rings. The van der Waals surface area contributed by atoms with E-state index in [4.69, 9.17) is 0 Å². The van der Waals surface area contributed by atoms with Crippen LogP contribution < -0.4 is 5.32 Å². The molecule has 2 rings (SSSR count). The van der Waals surface area contributed by atoms with Crippen LogP contribution in [0.15, 0.2) is 41.1 Å². The van der Waals surface area contributed by atoms with Crippen LogP contribution in [0.5, 0.6) is 0 Å². The van der Waals surface area contributed by atoms with E-state index in [0.717, 1.165) is 6.54 Å². The fraction of sp³-hybridized carbons (Fsp3) is 0.474. The Bertz CT molecular complexity index is 516. The third kappa shape index (κ3) is 6.03. The Kier molecular flexibility index (Phi) is 6.47. The van der Waals surface area contributed by atoms with Gasteiger partial charge in [0.15, 0.2) is 0 Å². The Morgan fingerprint density at radius 1 is 1.14 bits per heavy atom. The van der Waals surface area contributed by atoms with Gasteiger partial charge in [-0.1, -0.05) is 43.7 Å². The van der Waals surface area contributed by atoms with Crippen molar-refractivity contribution < 1.29 is 0 Å². The number of nitrogens with one attached hydrogen (secondary N) is 1. The normalized spacial score (nSPS) is 12.8. The van der Waals surface area contributed by atoms with Crippen molar-refractivity contribution in [2.45, 2.75) is 46.1 Å². The topological polar surface area (TPSA) is 12.0 Å². The predicted molar refractivity (Wildman–Crippen MR) is 94.2 cm³/mol. The van der Waals surface area contributed by atoms with Gasteiger partial charge < -0.3 is 5.32 Å². The van der Waals surface area contributed by atoms with E-state index in [2.05, 4.69) is 67.2 Å². The van der Waals surface area contributed by atoms with E-state index in [0.29, 0.717) is 12.0 Å². The molecule has 0 amide bonds. The molecule has 0 saturated carbocycles. The van der Waals surface area contributed by atoms with Crippen molar-refractivity contribution in [2.24, 2.45) is 5.92 Å². The second-order valence-electron chi connectivity index (χ2n) is 6.29.